The molecule has 0 aromatic heterocycles. The van der Waals surface area contributed by atoms with Gasteiger partial charge in [-0.1, -0.05) is 12.1 Å². The molecule has 0 atom stereocenters. The number of esters is 1. The molecule has 0 aliphatic heterocycles. The van der Waals surface area contributed by atoms with Crippen LogP contribution in [0.15, 0.2) is 24.3 Å². The van der Waals surface area contributed by atoms with E-state index in [0.717, 1.165) is 17.9 Å². The Morgan fingerprint density at radius 1 is 1.35 bits per heavy atom. The molecule has 0 amide bonds. The van der Waals surface area contributed by atoms with E-state index in [-0.39, 0.29) is 5.97 Å². The molecule has 0 saturated heterocycles. The number of hydrogen-bond acceptors (Lipinski definition) is 5. The van der Waals surface area contributed by atoms with E-state index in [1.807, 2.05) is 43.1 Å². The molecule has 20 heavy (non-hydrogen) atoms. The Bertz CT molecular complexity index is 410. The van der Waals surface area contributed by atoms with Gasteiger partial charge in [0.1, 0.15) is 12.4 Å². The largest absolute Gasteiger partial charge is 0.492 e. The maximum Gasteiger partial charge on any atom is 0.307 e. The van der Waals surface area contributed by atoms with Gasteiger partial charge in [-0.2, -0.15) is 0 Å². The summed E-state index contributed by atoms with van der Waals surface area (Å²) in [5.41, 5.74) is 6.63. The average molecular weight is 280 g/mol. The van der Waals surface area contributed by atoms with Gasteiger partial charge in [0.2, 0.25) is 0 Å². The smallest absolute Gasteiger partial charge is 0.307 e. The molecule has 0 aliphatic carbocycles. The molecule has 2 N–H and O–H groups in total. The first kappa shape index (κ1) is 16.5. The lowest BCUT2D eigenvalue weighted by atomic mass is 10.2. The van der Waals surface area contributed by atoms with E-state index in [4.69, 9.17) is 15.2 Å². The van der Waals surface area contributed by atoms with Gasteiger partial charge in [-0.15, -0.1) is 0 Å². The van der Waals surface area contributed by atoms with E-state index in [9.17, 15) is 4.79 Å². The summed E-state index contributed by atoms with van der Waals surface area (Å²) in [5.74, 6) is 0.669. The quantitative estimate of drug-likeness (QED) is 0.693. The first-order chi connectivity index (χ1) is 9.65. The Morgan fingerprint density at radius 3 is 2.85 bits per heavy atom. The number of nitrogens with two attached hydrogens (primary N) is 1. The highest BCUT2D eigenvalue weighted by Crippen LogP contribution is 2.12. The fourth-order valence-corrected chi connectivity index (χ4v) is 1.71. The number of rotatable bonds is 9. The van der Waals surface area contributed by atoms with Gasteiger partial charge in [-0.3, -0.25) is 4.79 Å². The molecule has 1 aromatic carbocycles. The lowest BCUT2D eigenvalue weighted by molar-refractivity contribution is -0.143. The molecule has 0 radical (unpaired) electrons. The van der Waals surface area contributed by atoms with Crippen LogP contribution in [0.2, 0.25) is 0 Å². The van der Waals surface area contributed by atoms with Gasteiger partial charge in [-0.25, -0.2) is 0 Å². The molecule has 1 aromatic rings. The van der Waals surface area contributed by atoms with Crippen molar-refractivity contribution in [2.24, 2.45) is 5.73 Å². The second-order valence-electron chi connectivity index (χ2n) is 4.56. The number of ether oxygens (including phenoxy) is 2. The van der Waals surface area contributed by atoms with Crippen LogP contribution in [0, 0.1) is 0 Å². The normalized spacial score (nSPS) is 10.6. The second-order valence-corrected chi connectivity index (χ2v) is 4.56. The Morgan fingerprint density at radius 2 is 2.15 bits per heavy atom. The molecule has 0 saturated carbocycles. The van der Waals surface area contributed by atoms with Gasteiger partial charge >= 0.3 is 5.97 Å². The zero-order valence-corrected chi connectivity index (χ0v) is 12.3. The number of hydrogen-bond donors (Lipinski definition) is 1. The summed E-state index contributed by atoms with van der Waals surface area (Å²) in [7, 11) is 1.96. The van der Waals surface area contributed by atoms with Crippen molar-refractivity contribution in [1.29, 1.82) is 0 Å². The van der Waals surface area contributed by atoms with Crippen molar-refractivity contribution in [1.82, 2.24) is 4.90 Å². The van der Waals surface area contributed by atoms with Crippen LogP contribution in [0.25, 0.3) is 0 Å². The highest BCUT2D eigenvalue weighted by Gasteiger charge is 2.05. The third kappa shape index (κ3) is 6.54. The topological polar surface area (TPSA) is 64.8 Å². The maximum atomic E-state index is 11.2. The van der Waals surface area contributed by atoms with Crippen molar-refractivity contribution in [2.75, 3.05) is 33.4 Å². The predicted molar refractivity (Wildman–Crippen MR) is 78.6 cm³/mol. The summed E-state index contributed by atoms with van der Waals surface area (Å²) in [6, 6.07) is 7.76. The van der Waals surface area contributed by atoms with E-state index in [1.54, 1.807) is 0 Å². The monoisotopic (exact) mass is 280 g/mol. The molecule has 5 heteroatoms. The van der Waals surface area contributed by atoms with Crippen LogP contribution in [0.3, 0.4) is 0 Å². The van der Waals surface area contributed by atoms with Crippen molar-refractivity contribution in [3.8, 4) is 5.75 Å². The van der Waals surface area contributed by atoms with Crippen molar-refractivity contribution >= 4 is 5.97 Å². The SMILES string of the molecule is CCOC(=O)CCN(C)CCOc1cccc(CN)c1. The lowest BCUT2D eigenvalue weighted by Crippen LogP contribution is -2.27. The Hall–Kier alpha value is -1.59. The Kier molecular flexibility index (Phi) is 7.69. The molecule has 5 nitrogen and oxygen atoms in total. The lowest BCUT2D eigenvalue weighted by Gasteiger charge is -2.16. The van der Waals surface area contributed by atoms with Crippen LogP contribution in [0.4, 0.5) is 0 Å². The van der Waals surface area contributed by atoms with Gasteiger partial charge in [0.05, 0.1) is 13.0 Å². The van der Waals surface area contributed by atoms with Crippen molar-refractivity contribution in [3.05, 3.63) is 29.8 Å². The summed E-state index contributed by atoms with van der Waals surface area (Å²) in [6.45, 7) is 4.76. The number of carbonyl (C=O) groups is 1. The minimum Gasteiger partial charge on any atom is -0.492 e. The van der Waals surface area contributed by atoms with Crippen LogP contribution in [0.1, 0.15) is 18.9 Å². The average Bonchev–Trinajstić information content (AvgIpc) is 2.46. The minimum absolute atomic E-state index is 0.157. The third-order valence-corrected chi connectivity index (χ3v) is 2.88. The molecule has 0 heterocycles. The zero-order chi connectivity index (χ0) is 14.8. The van der Waals surface area contributed by atoms with Crippen LogP contribution in [0.5, 0.6) is 5.75 Å². The number of benzene rings is 1. The van der Waals surface area contributed by atoms with Crippen LogP contribution in [-0.4, -0.2) is 44.2 Å². The molecular formula is C15H24N2O3. The summed E-state index contributed by atoms with van der Waals surface area (Å²) in [4.78, 5) is 13.3. The van der Waals surface area contributed by atoms with Gasteiger partial charge in [-0.05, 0) is 31.7 Å². The highest BCUT2D eigenvalue weighted by atomic mass is 16.5. The minimum atomic E-state index is -0.157. The maximum absolute atomic E-state index is 11.2. The zero-order valence-electron chi connectivity index (χ0n) is 12.3. The van der Waals surface area contributed by atoms with E-state index in [0.29, 0.717) is 32.7 Å². The predicted octanol–water partition coefficient (Wildman–Crippen LogP) is 1.41. The van der Waals surface area contributed by atoms with E-state index in [2.05, 4.69) is 0 Å². The van der Waals surface area contributed by atoms with Gasteiger partial charge < -0.3 is 20.1 Å². The molecular weight excluding hydrogens is 256 g/mol. The van der Waals surface area contributed by atoms with E-state index < -0.39 is 0 Å². The van der Waals surface area contributed by atoms with Crippen LogP contribution >= 0.6 is 0 Å². The number of carbonyl (C=O) groups excluding carboxylic acids is 1. The summed E-state index contributed by atoms with van der Waals surface area (Å²) in [6.07, 6.45) is 0.410. The Balaban J connectivity index is 2.21. The molecule has 0 bridgehead atoms. The first-order valence-electron chi connectivity index (χ1n) is 6.91. The number of nitrogens with zero attached hydrogens (tertiary/aromatic N) is 1. The molecule has 0 unspecified atom stereocenters. The molecule has 0 fully saturated rings. The summed E-state index contributed by atoms with van der Waals surface area (Å²) >= 11 is 0. The Labute approximate surface area is 120 Å². The second kappa shape index (κ2) is 9.34. The van der Waals surface area contributed by atoms with E-state index in [1.165, 1.54) is 0 Å². The van der Waals surface area contributed by atoms with E-state index >= 15 is 0 Å². The summed E-state index contributed by atoms with van der Waals surface area (Å²) < 4.78 is 10.5. The van der Waals surface area contributed by atoms with Crippen LogP contribution < -0.4 is 10.5 Å². The van der Waals surface area contributed by atoms with Crippen LogP contribution in [-0.2, 0) is 16.1 Å². The first-order valence-corrected chi connectivity index (χ1v) is 6.91. The fraction of sp³-hybridized carbons (Fsp3) is 0.533. The number of likely N-dealkylation sites (N-methyl/N-ethyl adjacent to an activating group) is 1. The van der Waals surface area contributed by atoms with Gasteiger partial charge in [0, 0.05) is 19.6 Å². The molecule has 1 rings (SSSR count). The standard InChI is InChI=1S/C15H24N2O3/c1-3-19-15(18)7-8-17(2)9-10-20-14-6-4-5-13(11-14)12-16/h4-6,11H,3,7-10,12,16H2,1-2H3. The van der Waals surface area contributed by atoms with Gasteiger partial charge in [0.25, 0.3) is 0 Å². The van der Waals surface area contributed by atoms with Crippen molar-refractivity contribution in [2.45, 2.75) is 19.9 Å². The molecule has 112 valence electrons. The highest BCUT2D eigenvalue weighted by molar-refractivity contribution is 5.69. The molecule has 0 spiro atoms. The van der Waals surface area contributed by atoms with Crippen molar-refractivity contribution < 1.29 is 14.3 Å². The van der Waals surface area contributed by atoms with Crippen molar-refractivity contribution in [3.63, 3.8) is 0 Å². The van der Waals surface area contributed by atoms with Gasteiger partial charge in [0.15, 0.2) is 0 Å². The molecule has 0 aliphatic rings. The summed E-state index contributed by atoms with van der Waals surface area (Å²) in [5, 5.41) is 0. The fourth-order valence-electron chi connectivity index (χ4n) is 1.71. The third-order valence-electron chi connectivity index (χ3n) is 2.88.